The number of rotatable bonds is 67. The number of carbonyl (C=O) groups excluding carboxylic acids is 2. The Morgan fingerprint density at radius 2 is 0.633 bits per heavy atom. The van der Waals surface area contributed by atoms with Crippen molar-refractivity contribution >= 4 is 11.9 Å². The second-order valence-corrected chi connectivity index (χ2v) is 24.6. The molecule has 0 aromatic rings. The predicted molar refractivity (Wildman–Crippen MR) is 347 cm³/mol. The third-order valence-electron chi connectivity index (χ3n) is 16.7. The van der Waals surface area contributed by atoms with Gasteiger partial charge in [0, 0.05) is 12.8 Å². The Labute approximate surface area is 494 Å². The Bertz CT molecular complexity index is 1280. The molecular formula is C73H139NO5. The zero-order valence-electron chi connectivity index (χ0n) is 53.4. The Morgan fingerprint density at radius 1 is 0.354 bits per heavy atom. The summed E-state index contributed by atoms with van der Waals surface area (Å²) >= 11 is 0. The van der Waals surface area contributed by atoms with Gasteiger partial charge in [0.2, 0.25) is 5.91 Å². The zero-order valence-corrected chi connectivity index (χ0v) is 53.4. The van der Waals surface area contributed by atoms with E-state index < -0.39 is 12.1 Å². The van der Waals surface area contributed by atoms with E-state index in [2.05, 4.69) is 43.5 Å². The highest BCUT2D eigenvalue weighted by Gasteiger charge is 2.18. The number of hydrogen-bond donors (Lipinski definition) is 3. The van der Waals surface area contributed by atoms with Gasteiger partial charge in [0.25, 0.3) is 0 Å². The summed E-state index contributed by atoms with van der Waals surface area (Å²) in [5.41, 5.74) is 0. The molecule has 79 heavy (non-hydrogen) atoms. The molecule has 0 aliphatic heterocycles. The van der Waals surface area contributed by atoms with Gasteiger partial charge in [-0.25, -0.2) is 0 Å². The molecule has 1 amide bonds. The Morgan fingerprint density at radius 3 is 0.962 bits per heavy atom. The van der Waals surface area contributed by atoms with Crippen molar-refractivity contribution in [2.24, 2.45) is 0 Å². The van der Waals surface area contributed by atoms with Gasteiger partial charge in [-0.2, -0.15) is 0 Å². The van der Waals surface area contributed by atoms with Gasteiger partial charge in [-0.05, 0) is 51.4 Å². The molecule has 0 spiro atoms. The van der Waals surface area contributed by atoms with Crippen molar-refractivity contribution in [3.63, 3.8) is 0 Å². The number of aliphatic hydroxyl groups excluding tert-OH is 2. The molecule has 0 saturated heterocycles. The molecule has 2 unspecified atom stereocenters. The highest BCUT2D eigenvalue weighted by Crippen LogP contribution is 2.19. The Balaban J connectivity index is 3.46. The molecule has 466 valence electrons. The second-order valence-electron chi connectivity index (χ2n) is 24.6. The molecule has 0 radical (unpaired) electrons. The van der Waals surface area contributed by atoms with Crippen LogP contribution in [0.5, 0.6) is 0 Å². The van der Waals surface area contributed by atoms with Crippen LogP contribution in [0, 0.1) is 0 Å². The maximum atomic E-state index is 12.5. The zero-order chi connectivity index (χ0) is 57.1. The first kappa shape index (κ1) is 77.1. The smallest absolute Gasteiger partial charge is 0.305 e. The molecule has 0 aliphatic carbocycles. The lowest BCUT2D eigenvalue weighted by Gasteiger charge is -2.20. The number of allylic oxidation sites excluding steroid dienone is 4. The average Bonchev–Trinajstić information content (AvgIpc) is 3.45. The van der Waals surface area contributed by atoms with Crippen LogP contribution in [0.2, 0.25) is 0 Å². The van der Waals surface area contributed by atoms with Gasteiger partial charge < -0.3 is 20.3 Å². The van der Waals surface area contributed by atoms with Gasteiger partial charge in [0.15, 0.2) is 0 Å². The lowest BCUT2D eigenvalue weighted by molar-refractivity contribution is -0.143. The summed E-state index contributed by atoms with van der Waals surface area (Å²) in [7, 11) is 0. The second kappa shape index (κ2) is 68.6. The number of esters is 1. The van der Waals surface area contributed by atoms with Gasteiger partial charge in [0.1, 0.15) is 0 Å². The van der Waals surface area contributed by atoms with Crippen molar-refractivity contribution < 1.29 is 24.5 Å². The monoisotopic (exact) mass is 1110 g/mol. The number of unbranched alkanes of at least 4 members (excludes halogenated alkanes) is 52. The molecule has 0 saturated carbocycles. The van der Waals surface area contributed by atoms with Crippen molar-refractivity contribution in [1.82, 2.24) is 5.32 Å². The van der Waals surface area contributed by atoms with Gasteiger partial charge in [-0.1, -0.05) is 365 Å². The highest BCUT2D eigenvalue weighted by atomic mass is 16.5. The first-order valence-electron chi connectivity index (χ1n) is 35.8. The fourth-order valence-corrected chi connectivity index (χ4v) is 11.2. The van der Waals surface area contributed by atoms with E-state index in [-0.39, 0.29) is 18.5 Å². The van der Waals surface area contributed by atoms with Crippen LogP contribution in [0.25, 0.3) is 0 Å². The average molecular weight is 1110 g/mol. The first-order valence-corrected chi connectivity index (χ1v) is 35.8. The number of carbonyl (C=O) groups is 2. The van der Waals surface area contributed by atoms with E-state index in [4.69, 9.17) is 4.74 Å². The van der Waals surface area contributed by atoms with E-state index in [0.29, 0.717) is 19.4 Å². The molecule has 3 N–H and O–H groups in total. The van der Waals surface area contributed by atoms with Gasteiger partial charge in [-0.15, -0.1) is 0 Å². The van der Waals surface area contributed by atoms with Gasteiger partial charge in [-0.3, -0.25) is 9.59 Å². The lowest BCUT2D eigenvalue weighted by Crippen LogP contribution is -2.45. The summed E-state index contributed by atoms with van der Waals surface area (Å²) in [5, 5.41) is 23.3. The van der Waals surface area contributed by atoms with E-state index in [1.165, 1.54) is 315 Å². The maximum absolute atomic E-state index is 12.5. The van der Waals surface area contributed by atoms with Crippen molar-refractivity contribution in [2.75, 3.05) is 13.2 Å². The number of aliphatic hydroxyl groups is 2. The summed E-state index contributed by atoms with van der Waals surface area (Å²) in [6, 6.07) is -0.634. The molecule has 0 aliphatic rings. The van der Waals surface area contributed by atoms with Crippen LogP contribution in [-0.2, 0) is 14.3 Å². The van der Waals surface area contributed by atoms with Crippen molar-refractivity contribution in [2.45, 2.75) is 405 Å². The molecule has 0 bridgehead atoms. The molecule has 0 heterocycles. The van der Waals surface area contributed by atoms with Crippen LogP contribution in [0.4, 0.5) is 0 Å². The third-order valence-corrected chi connectivity index (χ3v) is 16.7. The minimum atomic E-state index is -0.850. The summed E-state index contributed by atoms with van der Waals surface area (Å²) < 4.78 is 5.44. The van der Waals surface area contributed by atoms with E-state index >= 15 is 0 Å². The highest BCUT2D eigenvalue weighted by molar-refractivity contribution is 5.76. The fourth-order valence-electron chi connectivity index (χ4n) is 11.2. The van der Waals surface area contributed by atoms with Gasteiger partial charge in [0.05, 0.1) is 25.4 Å². The number of hydrogen-bond acceptors (Lipinski definition) is 5. The molecule has 0 rings (SSSR count). The Hall–Kier alpha value is -1.92. The van der Waals surface area contributed by atoms with Crippen LogP contribution in [0.1, 0.15) is 393 Å². The topological polar surface area (TPSA) is 95.9 Å². The maximum Gasteiger partial charge on any atom is 0.305 e. The summed E-state index contributed by atoms with van der Waals surface area (Å²) in [5.74, 6) is -0.0998. The number of ether oxygens (including phenoxy) is 1. The molecule has 2 atom stereocenters. The summed E-state index contributed by atoms with van der Waals surface area (Å²) in [6.07, 6.45) is 88.1. The lowest BCUT2D eigenvalue weighted by atomic mass is 10.0. The van der Waals surface area contributed by atoms with Crippen LogP contribution in [0.3, 0.4) is 0 Å². The normalized spacial score (nSPS) is 12.7. The molecule has 0 aromatic heterocycles. The van der Waals surface area contributed by atoms with Crippen LogP contribution < -0.4 is 5.32 Å². The first-order chi connectivity index (χ1) is 39.0. The summed E-state index contributed by atoms with van der Waals surface area (Å²) in [4.78, 5) is 24.6. The fraction of sp³-hybridized carbons (Fsp3) is 0.890. The Kier molecular flexibility index (Phi) is 66.9. The van der Waals surface area contributed by atoms with Crippen molar-refractivity contribution in [1.29, 1.82) is 0 Å². The SMILES string of the molecule is CCCCCCCCCCCCCCCCCCCCCCCC/C=C/C(O)C(CO)NC(=O)CCCCCCCCCCCCCCCC/C=C\C/C=C\CCOC(=O)CCCCCCCCCCCCCCCCCCC. The van der Waals surface area contributed by atoms with Crippen LogP contribution >= 0.6 is 0 Å². The largest absolute Gasteiger partial charge is 0.465 e. The molecule has 0 fully saturated rings. The van der Waals surface area contributed by atoms with Crippen molar-refractivity contribution in [3.05, 3.63) is 36.5 Å². The number of amides is 1. The minimum Gasteiger partial charge on any atom is -0.465 e. The predicted octanol–water partition coefficient (Wildman–Crippen LogP) is 23.1. The van der Waals surface area contributed by atoms with Crippen LogP contribution in [0.15, 0.2) is 36.5 Å². The third kappa shape index (κ3) is 65.1. The van der Waals surface area contributed by atoms with E-state index in [1.54, 1.807) is 6.08 Å². The van der Waals surface area contributed by atoms with E-state index in [9.17, 15) is 19.8 Å². The minimum absolute atomic E-state index is 0.0311. The van der Waals surface area contributed by atoms with Crippen molar-refractivity contribution in [3.8, 4) is 0 Å². The van der Waals surface area contributed by atoms with Gasteiger partial charge >= 0.3 is 5.97 Å². The molecule has 0 aromatic carbocycles. The van der Waals surface area contributed by atoms with E-state index in [0.717, 1.165) is 51.4 Å². The molecule has 6 heteroatoms. The van der Waals surface area contributed by atoms with Crippen LogP contribution in [-0.4, -0.2) is 47.4 Å². The number of nitrogens with one attached hydrogen (secondary N) is 1. The quantitative estimate of drug-likeness (QED) is 0.0320. The molecule has 6 nitrogen and oxygen atoms in total. The summed E-state index contributed by atoms with van der Waals surface area (Å²) in [6.45, 7) is 4.84. The molecular weight excluding hydrogens is 971 g/mol. The standard InChI is InChI=1S/C73H139NO5/c1-3-5-7-9-11-13-15-17-19-21-22-23-24-25-27-30-34-37-41-45-49-53-57-61-65-71(76)70(69-75)74-72(77)66-62-58-54-50-46-42-38-35-31-28-26-29-32-36-40-44-48-52-56-60-64-68-79-73(78)67-63-59-55-51-47-43-39-33-20-18-16-14-12-10-8-6-4-2/h44,48,56,60-61,65,70-71,75-76H,3-43,45-47,49-55,57-59,62-64,66-69H2,1-2H3,(H,74,77)/b48-44-,60-56-,65-61+. The van der Waals surface area contributed by atoms with E-state index in [1.807, 2.05) is 6.08 Å².